The monoisotopic (exact) mass is 677 g/mol. The Morgan fingerprint density at radius 3 is 1.55 bits per heavy atom. The molecule has 0 radical (unpaired) electrons. The predicted octanol–water partition coefficient (Wildman–Crippen LogP) is 12.9. The zero-order chi connectivity index (χ0) is 35.1. The Kier molecular flexibility index (Phi) is 7.43. The Morgan fingerprint density at radius 1 is 0.302 bits per heavy atom. The maximum atomic E-state index is 6.54. The molecule has 10 rings (SSSR count). The van der Waals surface area contributed by atoms with Gasteiger partial charge in [-0.1, -0.05) is 170 Å². The number of furan rings is 1. The Hall–Kier alpha value is -7.17. The number of rotatable bonds is 6. The van der Waals surface area contributed by atoms with Gasteiger partial charge in [0.25, 0.3) is 0 Å². The van der Waals surface area contributed by atoms with E-state index in [1.54, 1.807) is 0 Å². The Bertz CT molecular complexity index is 2930. The van der Waals surface area contributed by atoms with Gasteiger partial charge in [-0.05, 0) is 62.4 Å². The van der Waals surface area contributed by atoms with Crippen LogP contribution >= 0.6 is 0 Å². The van der Waals surface area contributed by atoms with E-state index in [1.807, 2.05) is 54.6 Å². The van der Waals surface area contributed by atoms with Crippen molar-refractivity contribution in [3.05, 3.63) is 188 Å². The molecule has 0 bridgehead atoms. The summed E-state index contributed by atoms with van der Waals surface area (Å²) in [5, 5.41) is 4.46. The largest absolute Gasteiger partial charge is 0.456 e. The summed E-state index contributed by atoms with van der Waals surface area (Å²) in [6.07, 6.45) is 0. The van der Waals surface area contributed by atoms with E-state index in [-0.39, 0.29) is 0 Å². The molecule has 0 aliphatic rings. The van der Waals surface area contributed by atoms with Crippen molar-refractivity contribution in [1.29, 1.82) is 0 Å². The Balaban J connectivity index is 1.15. The molecule has 4 heteroatoms. The van der Waals surface area contributed by atoms with Gasteiger partial charge in [-0.25, -0.2) is 15.0 Å². The summed E-state index contributed by atoms with van der Waals surface area (Å²) in [5.74, 6) is 1.82. The van der Waals surface area contributed by atoms with Crippen LogP contribution in [0.25, 0.3) is 100 Å². The Labute approximate surface area is 306 Å². The zero-order valence-corrected chi connectivity index (χ0v) is 28.6. The molecule has 10 aromatic rings. The number of aromatic nitrogens is 3. The summed E-state index contributed by atoms with van der Waals surface area (Å²) in [5.41, 5.74) is 11.2. The summed E-state index contributed by atoms with van der Waals surface area (Å²) < 4.78 is 6.54. The van der Waals surface area contributed by atoms with Crippen molar-refractivity contribution in [3.63, 3.8) is 0 Å². The van der Waals surface area contributed by atoms with E-state index < -0.39 is 0 Å². The van der Waals surface area contributed by atoms with Gasteiger partial charge >= 0.3 is 0 Å². The van der Waals surface area contributed by atoms with E-state index in [1.165, 1.54) is 21.9 Å². The van der Waals surface area contributed by atoms with Crippen molar-refractivity contribution in [2.75, 3.05) is 0 Å². The lowest BCUT2D eigenvalue weighted by Gasteiger charge is -2.11. The molecule has 0 atom stereocenters. The molecule has 0 spiro atoms. The average molecular weight is 678 g/mol. The summed E-state index contributed by atoms with van der Waals surface area (Å²) in [6.45, 7) is 0. The normalized spacial score (nSPS) is 11.4. The number of nitrogens with zero attached hydrogens (tertiary/aromatic N) is 3. The molecule has 4 nitrogen and oxygen atoms in total. The summed E-state index contributed by atoms with van der Waals surface area (Å²) >= 11 is 0. The van der Waals surface area contributed by atoms with Crippen LogP contribution in [-0.2, 0) is 0 Å². The number of hydrogen-bond donors (Lipinski definition) is 0. The first-order valence-corrected chi connectivity index (χ1v) is 17.8. The summed E-state index contributed by atoms with van der Waals surface area (Å²) in [7, 11) is 0. The highest BCUT2D eigenvalue weighted by molar-refractivity contribution is 6.17. The van der Waals surface area contributed by atoms with Gasteiger partial charge in [0, 0.05) is 27.5 Å². The third-order valence-corrected chi connectivity index (χ3v) is 9.96. The third kappa shape index (κ3) is 5.54. The molecule has 0 aliphatic carbocycles. The van der Waals surface area contributed by atoms with Crippen LogP contribution < -0.4 is 0 Å². The standard InChI is InChI=1S/C49H31N3O/c1-3-13-32(14-4-1)37-19-9-20-38(31-37)41-23-11-25-43-45(41)46-42(24-12-26-44(46)53-43)49-51-47(35-16-5-2-6-17-35)50-48(52-49)36-29-27-34(28-30-36)40-22-10-18-33-15-7-8-21-39(33)40/h1-31H. The quantitative estimate of drug-likeness (QED) is 0.176. The summed E-state index contributed by atoms with van der Waals surface area (Å²) in [6, 6.07) is 65.1. The number of benzene rings is 8. The second-order valence-electron chi connectivity index (χ2n) is 13.2. The van der Waals surface area contributed by atoms with Gasteiger partial charge in [0.1, 0.15) is 11.2 Å². The van der Waals surface area contributed by atoms with Gasteiger partial charge < -0.3 is 4.42 Å². The van der Waals surface area contributed by atoms with E-state index >= 15 is 0 Å². The first-order chi connectivity index (χ1) is 26.3. The lowest BCUT2D eigenvalue weighted by atomic mass is 9.94. The van der Waals surface area contributed by atoms with E-state index in [2.05, 4.69) is 133 Å². The molecule has 0 N–H and O–H groups in total. The van der Waals surface area contributed by atoms with Crippen LogP contribution in [0.15, 0.2) is 192 Å². The fourth-order valence-electron chi connectivity index (χ4n) is 7.41. The molecule has 0 fully saturated rings. The van der Waals surface area contributed by atoms with Crippen LogP contribution in [0.2, 0.25) is 0 Å². The highest BCUT2D eigenvalue weighted by Crippen LogP contribution is 2.42. The van der Waals surface area contributed by atoms with E-state index in [9.17, 15) is 0 Å². The molecular formula is C49H31N3O. The van der Waals surface area contributed by atoms with Gasteiger partial charge in [0.05, 0.1) is 0 Å². The molecule has 53 heavy (non-hydrogen) atoms. The molecule has 0 saturated carbocycles. The maximum Gasteiger partial charge on any atom is 0.164 e. The van der Waals surface area contributed by atoms with Crippen LogP contribution in [0, 0.1) is 0 Å². The lowest BCUT2D eigenvalue weighted by Crippen LogP contribution is -2.00. The minimum atomic E-state index is 0.591. The molecular weight excluding hydrogens is 647 g/mol. The van der Waals surface area contributed by atoms with Gasteiger partial charge in [-0.2, -0.15) is 0 Å². The fraction of sp³-hybridized carbons (Fsp3) is 0. The summed E-state index contributed by atoms with van der Waals surface area (Å²) in [4.78, 5) is 15.3. The zero-order valence-electron chi connectivity index (χ0n) is 28.6. The van der Waals surface area contributed by atoms with Crippen molar-refractivity contribution in [3.8, 4) is 67.5 Å². The second kappa shape index (κ2) is 12.9. The molecule has 2 aromatic heterocycles. The second-order valence-corrected chi connectivity index (χ2v) is 13.2. The highest BCUT2D eigenvalue weighted by Gasteiger charge is 2.20. The fourth-order valence-corrected chi connectivity index (χ4v) is 7.41. The van der Waals surface area contributed by atoms with Gasteiger partial charge in [0.2, 0.25) is 0 Å². The third-order valence-electron chi connectivity index (χ3n) is 9.96. The van der Waals surface area contributed by atoms with Crippen LogP contribution in [-0.4, -0.2) is 15.0 Å². The van der Waals surface area contributed by atoms with Crippen LogP contribution in [0.1, 0.15) is 0 Å². The molecule has 0 unspecified atom stereocenters. The van der Waals surface area contributed by atoms with Crippen molar-refractivity contribution >= 4 is 32.7 Å². The minimum Gasteiger partial charge on any atom is -0.456 e. The van der Waals surface area contributed by atoms with Crippen LogP contribution in [0.3, 0.4) is 0 Å². The molecule has 0 aliphatic heterocycles. The van der Waals surface area contributed by atoms with Crippen molar-refractivity contribution in [1.82, 2.24) is 15.0 Å². The van der Waals surface area contributed by atoms with Crippen molar-refractivity contribution in [2.24, 2.45) is 0 Å². The molecule has 2 heterocycles. The lowest BCUT2D eigenvalue weighted by molar-refractivity contribution is 0.669. The highest BCUT2D eigenvalue weighted by atomic mass is 16.3. The van der Waals surface area contributed by atoms with Crippen LogP contribution in [0.4, 0.5) is 0 Å². The molecule has 248 valence electrons. The van der Waals surface area contributed by atoms with Crippen LogP contribution in [0.5, 0.6) is 0 Å². The first-order valence-electron chi connectivity index (χ1n) is 17.8. The first kappa shape index (κ1) is 30.6. The number of fused-ring (bicyclic) bond motifs is 4. The average Bonchev–Trinajstić information content (AvgIpc) is 3.63. The Morgan fingerprint density at radius 2 is 0.792 bits per heavy atom. The maximum absolute atomic E-state index is 6.54. The smallest absolute Gasteiger partial charge is 0.164 e. The van der Waals surface area contributed by atoms with E-state index in [0.717, 1.165) is 60.9 Å². The number of hydrogen-bond acceptors (Lipinski definition) is 4. The van der Waals surface area contributed by atoms with Crippen molar-refractivity contribution in [2.45, 2.75) is 0 Å². The predicted molar refractivity (Wildman–Crippen MR) is 217 cm³/mol. The van der Waals surface area contributed by atoms with E-state index in [0.29, 0.717) is 17.5 Å². The molecule has 0 amide bonds. The van der Waals surface area contributed by atoms with Gasteiger partial charge in [-0.15, -0.1) is 0 Å². The van der Waals surface area contributed by atoms with Gasteiger partial charge in [0.15, 0.2) is 17.5 Å². The van der Waals surface area contributed by atoms with E-state index in [4.69, 9.17) is 19.4 Å². The molecule has 8 aromatic carbocycles. The van der Waals surface area contributed by atoms with Crippen molar-refractivity contribution < 1.29 is 4.42 Å². The minimum absolute atomic E-state index is 0.591. The van der Waals surface area contributed by atoms with Gasteiger partial charge in [-0.3, -0.25) is 0 Å². The SMILES string of the molecule is c1ccc(-c2cccc(-c3cccc4oc5cccc(-c6nc(-c7ccccc7)nc(-c7ccc(-c8cccc9ccccc89)cc7)n6)c5c34)c2)cc1. The topological polar surface area (TPSA) is 51.8 Å². The molecule has 0 saturated heterocycles.